The minimum atomic E-state index is -0.647. The van der Waals surface area contributed by atoms with Crippen molar-refractivity contribution in [2.75, 3.05) is 4.90 Å². The molecule has 3 heterocycles. The minimum absolute atomic E-state index is 0.647. The summed E-state index contributed by atoms with van der Waals surface area (Å²) in [5, 5.41) is 2.48. The number of anilines is 3. The Hall–Kier alpha value is -9.05. The van der Waals surface area contributed by atoms with Crippen molar-refractivity contribution in [2.45, 2.75) is 5.41 Å². The number of hydrogen-bond donors (Lipinski definition) is 0. The van der Waals surface area contributed by atoms with Crippen LogP contribution in [-0.4, -0.2) is 9.55 Å². The molecule has 10 aromatic carbocycles. The van der Waals surface area contributed by atoms with Gasteiger partial charge in [0, 0.05) is 33.3 Å². The SMILES string of the molecule is c1ccc(-c2cc(-c3ccccc3)nc(-c3cccc4c3-c3cc(-c5cccc6c5c5ccccc5n6-c5ccccc5)ccc3C43c4ccccc4N(c4ccccc4)c4ccccc43)c2)cc1. The molecule has 1 aliphatic heterocycles. The summed E-state index contributed by atoms with van der Waals surface area (Å²) in [5.41, 5.74) is 22.5. The molecule has 14 rings (SSSR count). The summed E-state index contributed by atoms with van der Waals surface area (Å²) >= 11 is 0. The molecule has 3 heteroatoms. The molecule has 0 atom stereocenters. The molecule has 0 bridgehead atoms. The fourth-order valence-electron chi connectivity index (χ4n) is 11.8. The molecule has 0 fully saturated rings. The van der Waals surface area contributed by atoms with Crippen LogP contribution in [0.15, 0.2) is 261 Å². The zero-order valence-electron chi connectivity index (χ0n) is 37.7. The molecule has 0 saturated carbocycles. The van der Waals surface area contributed by atoms with Gasteiger partial charge in [0.25, 0.3) is 0 Å². The topological polar surface area (TPSA) is 21.1 Å². The number of para-hydroxylation sites is 5. The summed E-state index contributed by atoms with van der Waals surface area (Å²) in [6.07, 6.45) is 0. The number of rotatable bonds is 6. The summed E-state index contributed by atoms with van der Waals surface area (Å²) in [4.78, 5) is 8.05. The fraction of sp³-hybridized carbons (Fsp3) is 0.0152. The quantitative estimate of drug-likeness (QED) is 0.166. The number of aromatic nitrogens is 2. The molecule has 0 amide bonds. The molecule has 1 aliphatic carbocycles. The first-order chi connectivity index (χ1) is 34.3. The van der Waals surface area contributed by atoms with Crippen LogP contribution in [0.4, 0.5) is 17.1 Å². The number of hydrogen-bond acceptors (Lipinski definition) is 2. The summed E-state index contributed by atoms with van der Waals surface area (Å²) < 4.78 is 2.41. The van der Waals surface area contributed by atoms with Crippen molar-refractivity contribution in [2.24, 2.45) is 0 Å². The Bertz CT molecular complexity index is 3840. The van der Waals surface area contributed by atoms with Crippen LogP contribution in [0.2, 0.25) is 0 Å². The number of fused-ring (bicyclic) bond motifs is 12. The highest BCUT2D eigenvalue weighted by Crippen LogP contribution is 2.65. The maximum atomic E-state index is 5.60. The summed E-state index contributed by atoms with van der Waals surface area (Å²) in [5.74, 6) is 0. The normalized spacial score (nSPS) is 13.0. The van der Waals surface area contributed by atoms with Crippen LogP contribution in [0.5, 0.6) is 0 Å². The van der Waals surface area contributed by atoms with Gasteiger partial charge in [-0.3, -0.25) is 0 Å². The van der Waals surface area contributed by atoms with Gasteiger partial charge in [0.1, 0.15) is 0 Å². The van der Waals surface area contributed by atoms with Crippen molar-refractivity contribution >= 4 is 38.9 Å². The van der Waals surface area contributed by atoms with Crippen LogP contribution in [0, 0.1) is 0 Å². The molecular formula is C66H43N3. The second kappa shape index (κ2) is 15.5. The maximum absolute atomic E-state index is 5.60. The lowest BCUT2D eigenvalue weighted by Crippen LogP contribution is -2.36. The Morgan fingerprint density at radius 3 is 1.59 bits per heavy atom. The van der Waals surface area contributed by atoms with Gasteiger partial charge in [0.15, 0.2) is 0 Å². The second-order valence-corrected chi connectivity index (χ2v) is 18.2. The molecule has 2 aromatic heterocycles. The number of nitrogens with zero attached hydrogens (tertiary/aromatic N) is 3. The van der Waals surface area contributed by atoms with Gasteiger partial charge in [0.2, 0.25) is 0 Å². The second-order valence-electron chi connectivity index (χ2n) is 18.2. The predicted octanol–water partition coefficient (Wildman–Crippen LogP) is 17.0. The Morgan fingerprint density at radius 2 is 0.870 bits per heavy atom. The van der Waals surface area contributed by atoms with E-state index >= 15 is 0 Å². The van der Waals surface area contributed by atoms with Crippen molar-refractivity contribution in [1.29, 1.82) is 0 Å². The maximum Gasteiger partial charge on any atom is 0.0754 e. The van der Waals surface area contributed by atoms with Crippen LogP contribution in [0.25, 0.3) is 83.4 Å². The van der Waals surface area contributed by atoms with E-state index in [4.69, 9.17) is 4.98 Å². The lowest BCUT2D eigenvalue weighted by atomic mass is 9.64. The highest BCUT2D eigenvalue weighted by atomic mass is 15.2. The van der Waals surface area contributed by atoms with Crippen molar-refractivity contribution < 1.29 is 0 Å². The van der Waals surface area contributed by atoms with Gasteiger partial charge >= 0.3 is 0 Å². The van der Waals surface area contributed by atoms with Gasteiger partial charge in [-0.25, -0.2) is 4.98 Å². The first-order valence-corrected chi connectivity index (χ1v) is 23.8. The van der Waals surface area contributed by atoms with Gasteiger partial charge in [-0.1, -0.05) is 194 Å². The van der Waals surface area contributed by atoms with Crippen LogP contribution in [0.1, 0.15) is 22.3 Å². The molecule has 69 heavy (non-hydrogen) atoms. The van der Waals surface area contributed by atoms with E-state index in [1.54, 1.807) is 0 Å². The first kappa shape index (κ1) is 39.1. The van der Waals surface area contributed by atoms with Crippen LogP contribution in [-0.2, 0) is 5.41 Å². The van der Waals surface area contributed by atoms with E-state index in [-0.39, 0.29) is 0 Å². The van der Waals surface area contributed by atoms with Gasteiger partial charge in [-0.2, -0.15) is 0 Å². The monoisotopic (exact) mass is 877 g/mol. The third-order valence-corrected chi connectivity index (χ3v) is 14.6. The Balaban J connectivity index is 1.09. The average molecular weight is 878 g/mol. The van der Waals surface area contributed by atoms with Gasteiger partial charge < -0.3 is 9.47 Å². The Morgan fingerprint density at radius 1 is 0.319 bits per heavy atom. The Kier molecular flexibility index (Phi) is 8.80. The molecular weight excluding hydrogens is 835 g/mol. The molecule has 0 saturated heterocycles. The Labute approximate surface area is 401 Å². The largest absolute Gasteiger partial charge is 0.310 e. The highest BCUT2D eigenvalue weighted by molar-refractivity contribution is 6.16. The zero-order chi connectivity index (χ0) is 45.5. The van der Waals surface area contributed by atoms with Crippen molar-refractivity contribution in [3.63, 3.8) is 0 Å². The van der Waals surface area contributed by atoms with Crippen molar-refractivity contribution in [1.82, 2.24) is 9.55 Å². The van der Waals surface area contributed by atoms with E-state index in [9.17, 15) is 0 Å². The average Bonchev–Trinajstić information content (AvgIpc) is 3.93. The van der Waals surface area contributed by atoms with E-state index in [0.29, 0.717) is 0 Å². The molecule has 1 spiro atoms. The van der Waals surface area contributed by atoms with Gasteiger partial charge in [0.05, 0.1) is 39.2 Å². The highest BCUT2D eigenvalue weighted by Gasteiger charge is 2.52. The van der Waals surface area contributed by atoms with E-state index in [0.717, 1.165) is 45.0 Å². The lowest BCUT2D eigenvalue weighted by Gasteiger charge is -2.45. The summed E-state index contributed by atoms with van der Waals surface area (Å²) in [6, 6.07) is 95.4. The summed E-state index contributed by atoms with van der Waals surface area (Å²) in [7, 11) is 0. The van der Waals surface area contributed by atoms with E-state index in [1.165, 1.54) is 77.7 Å². The van der Waals surface area contributed by atoms with Gasteiger partial charge in [-0.05, 0) is 122 Å². The number of pyridine rings is 1. The summed E-state index contributed by atoms with van der Waals surface area (Å²) in [6.45, 7) is 0. The van der Waals surface area contributed by atoms with Crippen molar-refractivity contribution in [3.8, 4) is 61.6 Å². The molecule has 0 radical (unpaired) electrons. The standard InChI is InChI=1S/C66H43N3/c1-5-21-44(22-6-1)47-42-58(45-23-7-2-8-24-45)67-59(43-47)51-31-19-34-57-64(51)53-41-46(50-30-20-38-63-65(50)52-29-13-16-35-60(52)68(63)48-25-9-3-10-26-48)39-40-54(53)66(57)55-32-14-17-36-61(55)69(49-27-11-4-12-28-49)62-37-18-15-33-56(62)66/h1-43H. The van der Waals surface area contributed by atoms with E-state index in [2.05, 4.69) is 270 Å². The number of benzene rings is 10. The molecule has 12 aromatic rings. The molecule has 0 unspecified atom stereocenters. The fourth-order valence-corrected chi connectivity index (χ4v) is 11.8. The van der Waals surface area contributed by atoms with Crippen LogP contribution in [0.3, 0.4) is 0 Å². The first-order valence-electron chi connectivity index (χ1n) is 23.8. The third-order valence-electron chi connectivity index (χ3n) is 14.6. The molecule has 2 aliphatic rings. The van der Waals surface area contributed by atoms with Crippen LogP contribution < -0.4 is 4.90 Å². The van der Waals surface area contributed by atoms with E-state index in [1.807, 2.05) is 0 Å². The van der Waals surface area contributed by atoms with Crippen molar-refractivity contribution in [3.05, 3.63) is 283 Å². The molecule has 0 N–H and O–H groups in total. The van der Waals surface area contributed by atoms with E-state index < -0.39 is 5.41 Å². The smallest absolute Gasteiger partial charge is 0.0754 e. The lowest BCUT2D eigenvalue weighted by molar-refractivity contribution is 0.753. The zero-order valence-corrected chi connectivity index (χ0v) is 37.7. The third kappa shape index (κ3) is 5.84. The van der Waals surface area contributed by atoms with Crippen LogP contribution >= 0.6 is 0 Å². The molecule has 3 nitrogen and oxygen atoms in total. The predicted molar refractivity (Wildman–Crippen MR) is 286 cm³/mol. The molecule has 322 valence electrons. The van der Waals surface area contributed by atoms with Gasteiger partial charge in [-0.15, -0.1) is 0 Å². The minimum Gasteiger partial charge on any atom is -0.310 e.